The van der Waals surface area contributed by atoms with Gasteiger partial charge in [0, 0.05) is 17.9 Å². The first kappa shape index (κ1) is 15.1. The van der Waals surface area contributed by atoms with Gasteiger partial charge in [-0.2, -0.15) is 5.10 Å². The zero-order valence-corrected chi connectivity index (χ0v) is 13.0. The molecule has 0 spiro atoms. The van der Waals surface area contributed by atoms with Crippen molar-refractivity contribution in [2.24, 2.45) is 0 Å². The van der Waals surface area contributed by atoms with Crippen molar-refractivity contribution >= 4 is 17.2 Å². The molecular weight excluding hydrogens is 312 g/mol. The third-order valence-electron chi connectivity index (χ3n) is 3.14. The van der Waals surface area contributed by atoms with Crippen molar-refractivity contribution in [1.29, 1.82) is 0 Å². The van der Waals surface area contributed by atoms with Gasteiger partial charge in [-0.15, -0.1) is 11.3 Å². The minimum Gasteiger partial charge on any atom is -0.345 e. The molecule has 23 heavy (non-hydrogen) atoms. The van der Waals surface area contributed by atoms with Crippen LogP contribution >= 0.6 is 11.3 Å². The molecule has 1 aromatic carbocycles. The summed E-state index contributed by atoms with van der Waals surface area (Å²) in [6, 6.07) is 12.8. The van der Waals surface area contributed by atoms with Crippen LogP contribution in [0.25, 0.3) is 0 Å². The van der Waals surface area contributed by atoms with Gasteiger partial charge in [-0.3, -0.25) is 9.59 Å². The van der Waals surface area contributed by atoms with Crippen molar-refractivity contribution in [2.75, 3.05) is 0 Å². The van der Waals surface area contributed by atoms with Gasteiger partial charge in [0.2, 0.25) is 0 Å². The summed E-state index contributed by atoms with van der Waals surface area (Å²) < 4.78 is 0. The van der Waals surface area contributed by atoms with Crippen molar-refractivity contribution in [2.45, 2.75) is 13.0 Å². The lowest BCUT2D eigenvalue weighted by Gasteiger charge is -2.01. The number of aromatic amines is 1. The lowest BCUT2D eigenvalue weighted by Crippen LogP contribution is -2.25. The first-order chi connectivity index (χ1) is 11.2. The molecule has 2 N–H and O–H groups in total. The van der Waals surface area contributed by atoms with E-state index in [1.54, 1.807) is 11.3 Å². The molecule has 0 saturated carbocycles. The number of rotatable bonds is 5. The molecule has 3 aromatic rings. The Hall–Kier alpha value is -2.80. The molecule has 0 fully saturated rings. The van der Waals surface area contributed by atoms with E-state index in [4.69, 9.17) is 0 Å². The second-order valence-corrected chi connectivity index (χ2v) is 5.83. The average Bonchev–Trinajstić information content (AvgIpc) is 3.02. The Morgan fingerprint density at radius 1 is 1.17 bits per heavy atom. The zero-order chi connectivity index (χ0) is 16.1. The molecule has 116 valence electrons. The quantitative estimate of drug-likeness (QED) is 0.748. The number of hydrogen-bond acceptors (Lipinski definition) is 5. The lowest BCUT2D eigenvalue weighted by atomic mass is 10.2. The number of amides is 1. The van der Waals surface area contributed by atoms with Crippen LogP contribution in [0.15, 0.2) is 52.6 Å². The Morgan fingerprint density at radius 2 is 2.00 bits per heavy atom. The van der Waals surface area contributed by atoms with Crippen LogP contribution in [0.1, 0.15) is 26.8 Å². The molecule has 3 rings (SSSR count). The molecule has 7 heteroatoms. The standard InChI is InChI=1S/C16H14N4O2S/c21-14-7-6-13(19-20-14)16(22)17-9-12-10-23-15(18-12)8-11-4-2-1-3-5-11/h1-7,10H,8-9H2,(H,17,22)(H,20,21). The highest BCUT2D eigenvalue weighted by Crippen LogP contribution is 2.14. The minimum absolute atomic E-state index is 0.171. The first-order valence-corrected chi connectivity index (χ1v) is 7.90. The Kier molecular flexibility index (Phi) is 4.58. The molecule has 2 aromatic heterocycles. The molecule has 0 aliphatic rings. The fraction of sp³-hybridized carbons (Fsp3) is 0.125. The maximum absolute atomic E-state index is 11.9. The number of carbonyl (C=O) groups is 1. The maximum Gasteiger partial charge on any atom is 0.272 e. The Morgan fingerprint density at radius 3 is 2.74 bits per heavy atom. The van der Waals surface area contributed by atoms with E-state index in [1.165, 1.54) is 17.7 Å². The van der Waals surface area contributed by atoms with E-state index in [0.29, 0.717) is 6.54 Å². The van der Waals surface area contributed by atoms with Gasteiger partial charge in [0.25, 0.3) is 11.5 Å². The first-order valence-electron chi connectivity index (χ1n) is 7.02. The fourth-order valence-corrected chi connectivity index (χ4v) is 2.84. The normalized spacial score (nSPS) is 10.4. The largest absolute Gasteiger partial charge is 0.345 e. The van der Waals surface area contributed by atoms with E-state index in [9.17, 15) is 9.59 Å². The number of benzene rings is 1. The smallest absolute Gasteiger partial charge is 0.272 e. The highest BCUT2D eigenvalue weighted by molar-refractivity contribution is 7.09. The van der Waals surface area contributed by atoms with Gasteiger partial charge < -0.3 is 5.32 Å². The predicted molar refractivity (Wildman–Crippen MR) is 87.4 cm³/mol. The molecule has 6 nitrogen and oxygen atoms in total. The van der Waals surface area contributed by atoms with E-state index in [0.717, 1.165) is 17.1 Å². The SMILES string of the molecule is O=C(NCc1csc(Cc2ccccc2)n1)c1ccc(=O)[nH]n1. The molecule has 0 radical (unpaired) electrons. The van der Waals surface area contributed by atoms with Crippen LogP contribution in [-0.2, 0) is 13.0 Å². The van der Waals surface area contributed by atoms with E-state index in [1.807, 2.05) is 23.6 Å². The highest BCUT2D eigenvalue weighted by atomic mass is 32.1. The topological polar surface area (TPSA) is 87.7 Å². The van der Waals surface area contributed by atoms with Gasteiger partial charge in [-0.25, -0.2) is 10.1 Å². The summed E-state index contributed by atoms with van der Waals surface area (Å²) in [5.74, 6) is -0.348. The van der Waals surface area contributed by atoms with Crippen molar-refractivity contribution in [3.8, 4) is 0 Å². The highest BCUT2D eigenvalue weighted by Gasteiger charge is 2.09. The fourth-order valence-electron chi connectivity index (χ4n) is 2.01. The van der Waals surface area contributed by atoms with Crippen molar-refractivity contribution in [1.82, 2.24) is 20.5 Å². The van der Waals surface area contributed by atoms with Gasteiger partial charge >= 0.3 is 0 Å². The van der Waals surface area contributed by atoms with Gasteiger partial charge in [0.15, 0.2) is 0 Å². The van der Waals surface area contributed by atoms with E-state index >= 15 is 0 Å². The van der Waals surface area contributed by atoms with Gasteiger partial charge in [0.1, 0.15) is 5.69 Å². The summed E-state index contributed by atoms with van der Waals surface area (Å²) in [6.45, 7) is 0.324. The number of carbonyl (C=O) groups excluding carboxylic acids is 1. The van der Waals surface area contributed by atoms with Gasteiger partial charge in [0.05, 0.1) is 17.2 Å². The van der Waals surface area contributed by atoms with Crippen LogP contribution in [0.4, 0.5) is 0 Å². The van der Waals surface area contributed by atoms with E-state index in [2.05, 4.69) is 32.6 Å². The van der Waals surface area contributed by atoms with Gasteiger partial charge in [-0.1, -0.05) is 30.3 Å². The van der Waals surface area contributed by atoms with Crippen molar-refractivity contribution in [3.05, 3.63) is 80.2 Å². The number of H-pyrrole nitrogens is 1. The number of nitrogens with zero attached hydrogens (tertiary/aromatic N) is 2. The Bertz CT molecular complexity index is 837. The summed E-state index contributed by atoms with van der Waals surface area (Å²) >= 11 is 1.57. The molecule has 0 atom stereocenters. The number of hydrogen-bond donors (Lipinski definition) is 2. The minimum atomic E-state index is -0.348. The molecule has 0 aliphatic heterocycles. The van der Waals surface area contributed by atoms with E-state index < -0.39 is 0 Å². The van der Waals surface area contributed by atoms with Crippen LogP contribution in [0, 0.1) is 0 Å². The molecule has 0 unspecified atom stereocenters. The summed E-state index contributed by atoms with van der Waals surface area (Å²) in [6.07, 6.45) is 0.779. The molecule has 0 aliphatic carbocycles. The maximum atomic E-state index is 11.9. The van der Waals surface area contributed by atoms with Crippen LogP contribution < -0.4 is 10.9 Å². The van der Waals surface area contributed by atoms with Gasteiger partial charge in [-0.05, 0) is 11.6 Å². The van der Waals surface area contributed by atoms with Crippen LogP contribution in [-0.4, -0.2) is 21.1 Å². The molecule has 2 heterocycles. The third-order valence-corrected chi connectivity index (χ3v) is 4.04. The Balaban J connectivity index is 1.58. The summed E-state index contributed by atoms with van der Waals surface area (Å²) in [4.78, 5) is 27.3. The van der Waals surface area contributed by atoms with Crippen molar-refractivity contribution < 1.29 is 4.79 Å². The van der Waals surface area contributed by atoms with E-state index in [-0.39, 0.29) is 17.2 Å². The second-order valence-electron chi connectivity index (χ2n) is 4.88. The summed E-state index contributed by atoms with van der Waals surface area (Å²) in [5, 5.41) is 11.6. The second kappa shape index (κ2) is 6.97. The lowest BCUT2D eigenvalue weighted by molar-refractivity contribution is 0.0944. The van der Waals surface area contributed by atoms with Crippen LogP contribution in [0.5, 0.6) is 0 Å². The number of nitrogens with one attached hydrogen (secondary N) is 2. The number of aromatic nitrogens is 3. The number of thiazole rings is 1. The monoisotopic (exact) mass is 326 g/mol. The molecule has 0 saturated heterocycles. The van der Waals surface area contributed by atoms with Crippen molar-refractivity contribution in [3.63, 3.8) is 0 Å². The molecule has 1 amide bonds. The Labute approximate surface area is 136 Å². The average molecular weight is 326 g/mol. The van der Waals surface area contributed by atoms with Crippen LogP contribution in [0.2, 0.25) is 0 Å². The summed E-state index contributed by atoms with van der Waals surface area (Å²) in [5.41, 5.74) is 1.84. The third kappa shape index (κ3) is 4.10. The van der Waals surface area contributed by atoms with Crippen LogP contribution in [0.3, 0.4) is 0 Å². The summed E-state index contributed by atoms with van der Waals surface area (Å²) in [7, 11) is 0. The molecule has 0 bridgehead atoms. The molecular formula is C16H14N4O2S. The predicted octanol–water partition coefficient (Wildman–Crippen LogP) is 1.75. The zero-order valence-electron chi connectivity index (χ0n) is 12.2.